The summed E-state index contributed by atoms with van der Waals surface area (Å²) in [5.41, 5.74) is 3.20. The van der Waals surface area contributed by atoms with Gasteiger partial charge in [-0.3, -0.25) is 9.59 Å². The second-order valence-corrected chi connectivity index (χ2v) is 11.0. The molecule has 0 aromatic heterocycles. The molecule has 0 amide bonds. The van der Waals surface area contributed by atoms with Crippen LogP contribution in [-0.2, 0) is 17.4 Å². The number of carbonyl (C=O) groups excluding carboxylic acids is 2. The summed E-state index contributed by atoms with van der Waals surface area (Å²) >= 11 is 0. The van der Waals surface area contributed by atoms with Crippen molar-refractivity contribution < 1.29 is 14.2 Å². The molecular formula is C25H31O3P. The van der Waals surface area contributed by atoms with Crippen molar-refractivity contribution in [3.63, 3.8) is 0 Å². The van der Waals surface area contributed by atoms with Crippen molar-refractivity contribution in [1.82, 2.24) is 0 Å². The van der Waals surface area contributed by atoms with Crippen molar-refractivity contribution in [3.8, 4) is 0 Å². The van der Waals surface area contributed by atoms with Gasteiger partial charge in [0.15, 0.2) is 0 Å². The summed E-state index contributed by atoms with van der Waals surface area (Å²) in [6.07, 6.45) is 4.59. The third-order valence-corrected chi connectivity index (χ3v) is 9.55. The Hall–Kier alpha value is -1.99. The first kappa shape index (κ1) is 21.7. The van der Waals surface area contributed by atoms with Gasteiger partial charge in [0.1, 0.15) is 0 Å². The predicted molar refractivity (Wildman–Crippen MR) is 120 cm³/mol. The fraction of sp³-hybridized carbons (Fsp3) is 0.440. The van der Waals surface area contributed by atoms with E-state index < -0.39 is 18.2 Å². The second kappa shape index (κ2) is 8.79. The minimum atomic E-state index is -3.80. The van der Waals surface area contributed by atoms with Crippen LogP contribution in [0.1, 0.15) is 82.5 Å². The monoisotopic (exact) mass is 410 g/mol. The summed E-state index contributed by atoms with van der Waals surface area (Å²) in [5, 5.41) is 0. The number of hydrogen-bond donors (Lipinski definition) is 0. The molecule has 1 aliphatic carbocycles. The van der Waals surface area contributed by atoms with Gasteiger partial charge in [0.25, 0.3) is 0 Å². The smallest absolute Gasteiger partial charge is 0.229 e. The average Bonchev–Trinajstić information content (AvgIpc) is 3.27. The maximum absolute atomic E-state index is 14.6. The highest BCUT2D eigenvalue weighted by Crippen LogP contribution is 2.61. The Morgan fingerprint density at radius 1 is 0.828 bits per heavy atom. The van der Waals surface area contributed by atoms with Gasteiger partial charge in [-0.05, 0) is 61.8 Å². The number of rotatable bonds is 7. The third-order valence-electron chi connectivity index (χ3n) is 6.35. The van der Waals surface area contributed by atoms with Gasteiger partial charge in [-0.15, -0.1) is 0 Å². The van der Waals surface area contributed by atoms with Gasteiger partial charge >= 0.3 is 0 Å². The lowest BCUT2D eigenvalue weighted by molar-refractivity contribution is 0.103. The van der Waals surface area contributed by atoms with E-state index in [1.807, 2.05) is 64.1 Å². The molecule has 2 aromatic rings. The molecule has 4 heteroatoms. The van der Waals surface area contributed by atoms with E-state index in [0.717, 1.165) is 35.1 Å². The SMILES string of the molecule is CCc1cccc(CC)c1C(=O)P(=O)(C(=O)c1c(C)cccc1C)C1CCCC1. The van der Waals surface area contributed by atoms with E-state index in [1.165, 1.54) is 0 Å². The van der Waals surface area contributed by atoms with Crippen LogP contribution in [-0.4, -0.2) is 16.7 Å². The van der Waals surface area contributed by atoms with Gasteiger partial charge in [-0.25, -0.2) is 0 Å². The Balaban J connectivity index is 2.23. The molecule has 0 spiro atoms. The van der Waals surface area contributed by atoms with Crippen LogP contribution in [0.4, 0.5) is 0 Å². The van der Waals surface area contributed by atoms with E-state index in [0.29, 0.717) is 36.8 Å². The predicted octanol–water partition coefficient (Wildman–Crippen LogP) is 6.71. The van der Waals surface area contributed by atoms with Crippen molar-refractivity contribution in [2.75, 3.05) is 0 Å². The molecule has 1 aliphatic rings. The lowest BCUT2D eigenvalue weighted by atomic mass is 9.98. The molecule has 0 saturated heterocycles. The normalized spacial score (nSPS) is 16.6. The molecule has 0 bridgehead atoms. The molecule has 1 unspecified atom stereocenters. The number of benzene rings is 2. The van der Waals surface area contributed by atoms with Gasteiger partial charge in [0.2, 0.25) is 18.2 Å². The van der Waals surface area contributed by atoms with E-state index in [4.69, 9.17) is 0 Å². The molecule has 3 nitrogen and oxygen atoms in total. The summed E-state index contributed by atoms with van der Waals surface area (Å²) in [4.78, 5) is 27.8. The minimum absolute atomic E-state index is 0.337. The summed E-state index contributed by atoms with van der Waals surface area (Å²) in [6.45, 7) is 7.72. The van der Waals surface area contributed by atoms with E-state index in [2.05, 4.69) is 0 Å². The lowest BCUT2D eigenvalue weighted by Crippen LogP contribution is -2.22. The molecule has 2 aromatic carbocycles. The quantitative estimate of drug-likeness (QED) is 0.476. The summed E-state index contributed by atoms with van der Waals surface area (Å²) in [6, 6.07) is 11.4. The van der Waals surface area contributed by atoms with Gasteiger partial charge < -0.3 is 4.57 Å². The van der Waals surface area contributed by atoms with Gasteiger partial charge in [0, 0.05) is 16.8 Å². The molecule has 0 aliphatic heterocycles. The van der Waals surface area contributed by atoms with Crippen LogP contribution in [0.2, 0.25) is 0 Å². The zero-order valence-electron chi connectivity index (χ0n) is 18.0. The Bertz CT molecular complexity index is 941. The number of aryl methyl sites for hydroxylation is 4. The summed E-state index contributed by atoms with van der Waals surface area (Å²) in [5.74, 6) is 0. The molecule has 0 heterocycles. The Morgan fingerprint density at radius 2 is 1.28 bits per heavy atom. The molecule has 3 rings (SSSR count). The van der Waals surface area contributed by atoms with Crippen LogP contribution in [0.5, 0.6) is 0 Å². The highest BCUT2D eigenvalue weighted by molar-refractivity contribution is 7.96. The molecule has 1 saturated carbocycles. The molecule has 0 N–H and O–H groups in total. The van der Waals surface area contributed by atoms with Gasteiger partial charge in [-0.2, -0.15) is 0 Å². The molecule has 1 atom stereocenters. The minimum Gasteiger partial charge on any atom is -0.306 e. The van der Waals surface area contributed by atoms with E-state index in [1.54, 1.807) is 0 Å². The Morgan fingerprint density at radius 3 is 1.76 bits per heavy atom. The average molecular weight is 410 g/mol. The highest BCUT2D eigenvalue weighted by Gasteiger charge is 2.49. The van der Waals surface area contributed by atoms with Crippen molar-refractivity contribution in [1.29, 1.82) is 0 Å². The number of carbonyl (C=O) groups is 2. The first-order valence-corrected chi connectivity index (χ1v) is 12.5. The van der Waals surface area contributed by atoms with Gasteiger partial charge in [-0.1, -0.05) is 63.1 Å². The fourth-order valence-electron chi connectivity index (χ4n) is 4.69. The maximum atomic E-state index is 14.6. The zero-order chi connectivity index (χ0) is 21.2. The zero-order valence-corrected chi connectivity index (χ0v) is 18.9. The Labute approximate surface area is 174 Å². The van der Waals surface area contributed by atoms with Crippen LogP contribution in [0.25, 0.3) is 0 Å². The molecule has 29 heavy (non-hydrogen) atoms. The molecule has 0 radical (unpaired) electrons. The molecule has 154 valence electrons. The Kier molecular flexibility index (Phi) is 6.58. The molecular weight excluding hydrogens is 379 g/mol. The van der Waals surface area contributed by atoms with Crippen molar-refractivity contribution >= 4 is 18.2 Å². The first-order valence-electron chi connectivity index (χ1n) is 10.7. The van der Waals surface area contributed by atoms with Crippen molar-refractivity contribution in [2.45, 2.75) is 71.9 Å². The van der Waals surface area contributed by atoms with Crippen LogP contribution in [0.15, 0.2) is 36.4 Å². The topological polar surface area (TPSA) is 51.2 Å². The standard InChI is InChI=1S/C25H31O3P/c1-5-19-13-10-14-20(6-2)23(19)25(27)29(28,21-15-7-8-16-21)24(26)22-17(3)11-9-12-18(22)4/h9-14,21H,5-8,15-16H2,1-4H3. The van der Waals surface area contributed by atoms with E-state index >= 15 is 0 Å². The number of hydrogen-bond acceptors (Lipinski definition) is 3. The van der Waals surface area contributed by atoms with E-state index in [-0.39, 0.29) is 5.66 Å². The summed E-state index contributed by atoms with van der Waals surface area (Å²) in [7, 11) is -3.80. The first-order chi connectivity index (χ1) is 13.9. The van der Waals surface area contributed by atoms with Crippen LogP contribution in [0, 0.1) is 13.8 Å². The third kappa shape index (κ3) is 3.78. The second-order valence-electron chi connectivity index (χ2n) is 8.13. The van der Waals surface area contributed by atoms with Crippen LogP contribution in [0.3, 0.4) is 0 Å². The lowest BCUT2D eigenvalue weighted by Gasteiger charge is -2.25. The van der Waals surface area contributed by atoms with Crippen LogP contribution >= 0.6 is 7.14 Å². The van der Waals surface area contributed by atoms with E-state index in [9.17, 15) is 14.2 Å². The van der Waals surface area contributed by atoms with Crippen molar-refractivity contribution in [3.05, 3.63) is 69.8 Å². The largest absolute Gasteiger partial charge is 0.306 e. The van der Waals surface area contributed by atoms with Crippen LogP contribution < -0.4 is 0 Å². The fourth-order valence-corrected chi connectivity index (χ4v) is 7.94. The molecule has 1 fully saturated rings. The summed E-state index contributed by atoms with van der Waals surface area (Å²) < 4.78 is 14.6. The maximum Gasteiger partial charge on any atom is 0.229 e. The van der Waals surface area contributed by atoms with Crippen molar-refractivity contribution in [2.24, 2.45) is 0 Å². The van der Waals surface area contributed by atoms with Gasteiger partial charge in [0.05, 0.1) is 0 Å². The highest BCUT2D eigenvalue weighted by atomic mass is 31.2.